The minimum Gasteiger partial charge on any atom is -0.497 e. The molecule has 2 amide bonds. The molecule has 0 aliphatic heterocycles. The third kappa shape index (κ3) is 5.81. The molecule has 156 valence electrons. The summed E-state index contributed by atoms with van der Waals surface area (Å²) in [4.78, 5) is 24.4. The van der Waals surface area contributed by atoms with Crippen molar-refractivity contribution in [1.29, 1.82) is 0 Å². The molecule has 0 radical (unpaired) electrons. The zero-order chi connectivity index (χ0) is 21.3. The van der Waals surface area contributed by atoms with Gasteiger partial charge in [-0.1, -0.05) is 17.3 Å². The number of nitrogens with zero attached hydrogens (tertiary/aromatic N) is 3. The molecular formula is C21H23N5O4. The Balaban J connectivity index is 1.45. The summed E-state index contributed by atoms with van der Waals surface area (Å²) in [7, 11) is 3.16. The predicted molar refractivity (Wildman–Crippen MR) is 111 cm³/mol. The van der Waals surface area contributed by atoms with Crippen molar-refractivity contribution in [3.8, 4) is 11.5 Å². The normalized spacial score (nSPS) is 10.3. The van der Waals surface area contributed by atoms with Crippen LogP contribution in [0.25, 0.3) is 0 Å². The topological polar surface area (TPSA) is 107 Å². The molecule has 9 heteroatoms. The first kappa shape index (κ1) is 20.8. The van der Waals surface area contributed by atoms with Crippen molar-refractivity contribution in [3.05, 3.63) is 66.0 Å². The Bertz CT molecular complexity index is 1000. The van der Waals surface area contributed by atoms with Crippen LogP contribution in [0, 0.1) is 0 Å². The quantitative estimate of drug-likeness (QED) is 0.559. The molecule has 2 aromatic carbocycles. The fourth-order valence-corrected chi connectivity index (χ4v) is 2.72. The molecule has 0 bridgehead atoms. The highest BCUT2D eigenvalue weighted by Gasteiger charge is 2.11. The lowest BCUT2D eigenvalue weighted by Crippen LogP contribution is -2.28. The first-order valence-corrected chi connectivity index (χ1v) is 9.32. The number of rotatable bonds is 9. The molecule has 3 rings (SSSR count). The molecule has 3 aromatic rings. The number of carbonyl (C=O) groups is 2. The van der Waals surface area contributed by atoms with E-state index in [0.29, 0.717) is 30.3 Å². The second-order valence-electron chi connectivity index (χ2n) is 6.43. The zero-order valence-corrected chi connectivity index (χ0v) is 16.8. The molecule has 0 unspecified atom stereocenters. The monoisotopic (exact) mass is 409 g/mol. The Hall–Kier alpha value is -3.88. The second kappa shape index (κ2) is 10.1. The molecule has 0 atom stereocenters. The van der Waals surface area contributed by atoms with Crippen LogP contribution in [0.15, 0.2) is 54.7 Å². The summed E-state index contributed by atoms with van der Waals surface area (Å²) in [6, 6.07) is 14.3. The number of amides is 2. The van der Waals surface area contributed by atoms with E-state index in [-0.39, 0.29) is 23.9 Å². The standard InChI is InChI=1S/C21H23N5O4/c1-29-17-8-6-16(7-9-17)23-21(28)19-14-26(25-24-19)11-10-22-20(27)13-15-4-3-5-18(12-15)30-2/h3-9,12,14H,10-11,13H2,1-2H3,(H,22,27)(H,23,28). The highest BCUT2D eigenvalue weighted by molar-refractivity contribution is 6.02. The maximum absolute atomic E-state index is 12.3. The van der Waals surface area contributed by atoms with Gasteiger partial charge in [0.05, 0.1) is 33.4 Å². The van der Waals surface area contributed by atoms with Crippen molar-refractivity contribution in [2.24, 2.45) is 0 Å². The molecule has 30 heavy (non-hydrogen) atoms. The Morgan fingerprint density at radius 2 is 1.80 bits per heavy atom. The third-order valence-electron chi connectivity index (χ3n) is 4.28. The number of benzene rings is 2. The number of ether oxygens (including phenoxy) is 2. The summed E-state index contributed by atoms with van der Waals surface area (Å²) in [6.07, 6.45) is 1.79. The number of hydrogen-bond acceptors (Lipinski definition) is 6. The summed E-state index contributed by atoms with van der Waals surface area (Å²) in [5.41, 5.74) is 1.68. The first-order chi connectivity index (χ1) is 14.6. The highest BCUT2D eigenvalue weighted by atomic mass is 16.5. The van der Waals surface area contributed by atoms with Crippen molar-refractivity contribution < 1.29 is 19.1 Å². The van der Waals surface area contributed by atoms with Crippen molar-refractivity contribution in [1.82, 2.24) is 20.3 Å². The summed E-state index contributed by atoms with van der Waals surface area (Å²) < 4.78 is 11.8. The van der Waals surface area contributed by atoms with Gasteiger partial charge in [0.25, 0.3) is 5.91 Å². The SMILES string of the molecule is COc1ccc(NC(=O)c2cn(CCNC(=O)Cc3cccc(OC)c3)nn2)cc1. The van der Waals surface area contributed by atoms with Gasteiger partial charge < -0.3 is 20.1 Å². The van der Waals surface area contributed by atoms with Gasteiger partial charge >= 0.3 is 0 Å². The molecule has 1 aromatic heterocycles. The number of hydrogen-bond donors (Lipinski definition) is 2. The Morgan fingerprint density at radius 1 is 1.03 bits per heavy atom. The van der Waals surface area contributed by atoms with Crippen LogP contribution < -0.4 is 20.1 Å². The van der Waals surface area contributed by atoms with Crippen LogP contribution in [0.2, 0.25) is 0 Å². The smallest absolute Gasteiger partial charge is 0.277 e. The lowest BCUT2D eigenvalue weighted by molar-refractivity contribution is -0.120. The summed E-state index contributed by atoms with van der Waals surface area (Å²) in [5.74, 6) is 0.935. The van der Waals surface area contributed by atoms with Gasteiger partial charge in [-0.3, -0.25) is 9.59 Å². The lowest BCUT2D eigenvalue weighted by atomic mass is 10.1. The van der Waals surface area contributed by atoms with Crippen LogP contribution in [0.1, 0.15) is 16.1 Å². The second-order valence-corrected chi connectivity index (χ2v) is 6.43. The van der Waals surface area contributed by atoms with Gasteiger partial charge in [0.2, 0.25) is 5.91 Å². The molecule has 0 saturated carbocycles. The Kier molecular flexibility index (Phi) is 6.99. The molecular weight excluding hydrogens is 386 g/mol. The van der Waals surface area contributed by atoms with E-state index in [4.69, 9.17) is 9.47 Å². The van der Waals surface area contributed by atoms with E-state index in [1.165, 1.54) is 10.9 Å². The predicted octanol–water partition coefficient (Wildman–Crippen LogP) is 1.91. The maximum atomic E-state index is 12.3. The average Bonchev–Trinajstić information content (AvgIpc) is 3.23. The third-order valence-corrected chi connectivity index (χ3v) is 4.28. The van der Waals surface area contributed by atoms with Crippen LogP contribution in [0.3, 0.4) is 0 Å². The highest BCUT2D eigenvalue weighted by Crippen LogP contribution is 2.15. The number of nitrogens with one attached hydrogen (secondary N) is 2. The average molecular weight is 409 g/mol. The largest absolute Gasteiger partial charge is 0.497 e. The van der Waals surface area contributed by atoms with Crippen molar-refractivity contribution in [3.63, 3.8) is 0 Å². The van der Waals surface area contributed by atoms with E-state index >= 15 is 0 Å². The van der Waals surface area contributed by atoms with Crippen LogP contribution >= 0.6 is 0 Å². The molecule has 2 N–H and O–H groups in total. The van der Waals surface area contributed by atoms with E-state index in [9.17, 15) is 9.59 Å². The Morgan fingerprint density at radius 3 is 2.53 bits per heavy atom. The molecule has 9 nitrogen and oxygen atoms in total. The van der Waals surface area contributed by atoms with Crippen LogP contribution in [0.4, 0.5) is 5.69 Å². The van der Waals surface area contributed by atoms with E-state index in [0.717, 1.165) is 5.56 Å². The van der Waals surface area contributed by atoms with Gasteiger partial charge in [0, 0.05) is 12.2 Å². The van der Waals surface area contributed by atoms with Gasteiger partial charge in [-0.2, -0.15) is 0 Å². The molecule has 0 aliphatic carbocycles. The number of methoxy groups -OCH3 is 2. The van der Waals surface area contributed by atoms with Crippen molar-refractivity contribution in [2.75, 3.05) is 26.1 Å². The van der Waals surface area contributed by atoms with Gasteiger partial charge in [0.1, 0.15) is 11.5 Å². The number of carbonyl (C=O) groups excluding carboxylic acids is 2. The zero-order valence-electron chi connectivity index (χ0n) is 16.8. The minimum atomic E-state index is -0.367. The van der Waals surface area contributed by atoms with Crippen LogP contribution in [0.5, 0.6) is 11.5 Å². The van der Waals surface area contributed by atoms with E-state index in [1.54, 1.807) is 38.5 Å². The van der Waals surface area contributed by atoms with Crippen molar-refractivity contribution >= 4 is 17.5 Å². The van der Waals surface area contributed by atoms with Gasteiger partial charge in [0.15, 0.2) is 5.69 Å². The molecule has 0 fully saturated rings. The Labute approximate surface area is 174 Å². The molecule has 0 aliphatic rings. The fraction of sp³-hybridized carbons (Fsp3) is 0.238. The number of aromatic nitrogens is 3. The lowest BCUT2D eigenvalue weighted by Gasteiger charge is -2.06. The summed E-state index contributed by atoms with van der Waals surface area (Å²) >= 11 is 0. The molecule has 0 spiro atoms. The van der Waals surface area contributed by atoms with Crippen LogP contribution in [-0.4, -0.2) is 47.6 Å². The molecule has 0 saturated heterocycles. The first-order valence-electron chi connectivity index (χ1n) is 9.32. The summed E-state index contributed by atoms with van der Waals surface area (Å²) in [6.45, 7) is 0.762. The van der Waals surface area contributed by atoms with Crippen LogP contribution in [-0.2, 0) is 17.8 Å². The summed E-state index contributed by atoms with van der Waals surface area (Å²) in [5, 5.41) is 13.4. The van der Waals surface area contributed by atoms with Gasteiger partial charge in [-0.05, 0) is 42.0 Å². The van der Waals surface area contributed by atoms with E-state index < -0.39 is 0 Å². The minimum absolute atomic E-state index is 0.110. The maximum Gasteiger partial charge on any atom is 0.277 e. The van der Waals surface area contributed by atoms with E-state index in [1.807, 2.05) is 24.3 Å². The van der Waals surface area contributed by atoms with Crippen molar-refractivity contribution in [2.45, 2.75) is 13.0 Å². The fourth-order valence-electron chi connectivity index (χ4n) is 2.72. The van der Waals surface area contributed by atoms with Gasteiger partial charge in [-0.25, -0.2) is 4.68 Å². The number of anilines is 1. The van der Waals surface area contributed by atoms with Gasteiger partial charge in [-0.15, -0.1) is 5.10 Å². The molecule has 1 heterocycles. The van der Waals surface area contributed by atoms with E-state index in [2.05, 4.69) is 20.9 Å².